The second kappa shape index (κ2) is 11.2. The van der Waals surface area contributed by atoms with Gasteiger partial charge in [0, 0.05) is 44.8 Å². The molecule has 6 heteroatoms. The van der Waals surface area contributed by atoms with Crippen molar-refractivity contribution in [2.24, 2.45) is 0 Å². The van der Waals surface area contributed by atoms with Gasteiger partial charge in [0.05, 0.1) is 13.1 Å². The lowest BCUT2D eigenvalue weighted by atomic mass is 10.2. The van der Waals surface area contributed by atoms with Crippen LogP contribution in [0.15, 0.2) is 30.3 Å². The highest BCUT2D eigenvalue weighted by Crippen LogP contribution is 2.10. The number of nitrogens with zero attached hydrogens (tertiary/aromatic N) is 3. The lowest BCUT2D eigenvalue weighted by Crippen LogP contribution is -2.52. The molecule has 2 rings (SSSR count). The standard InChI is InChI=1S/C22H36N4O2/c1-5-19(4)23-21(27)16-24-11-13-25(14-12-24)17-22(28)26(18(2)3)15-20-9-7-6-8-10-20/h6-10,18-19H,5,11-17H2,1-4H3,(H,23,27). The van der Waals surface area contributed by atoms with Crippen LogP contribution in [0.4, 0.5) is 0 Å². The van der Waals surface area contributed by atoms with E-state index in [1.165, 1.54) is 0 Å². The molecule has 1 unspecified atom stereocenters. The zero-order valence-electron chi connectivity index (χ0n) is 17.9. The number of benzene rings is 1. The van der Waals surface area contributed by atoms with E-state index in [-0.39, 0.29) is 23.9 Å². The van der Waals surface area contributed by atoms with Crippen LogP contribution in [0, 0.1) is 0 Å². The van der Waals surface area contributed by atoms with Gasteiger partial charge in [-0.15, -0.1) is 0 Å². The highest BCUT2D eigenvalue weighted by atomic mass is 16.2. The van der Waals surface area contributed by atoms with E-state index < -0.39 is 0 Å². The smallest absolute Gasteiger partial charge is 0.237 e. The van der Waals surface area contributed by atoms with Crippen LogP contribution in [-0.2, 0) is 16.1 Å². The van der Waals surface area contributed by atoms with Crippen LogP contribution in [0.3, 0.4) is 0 Å². The lowest BCUT2D eigenvalue weighted by molar-refractivity contribution is -0.135. The van der Waals surface area contributed by atoms with Gasteiger partial charge < -0.3 is 10.2 Å². The minimum Gasteiger partial charge on any atom is -0.353 e. The molecule has 1 aromatic carbocycles. The summed E-state index contributed by atoms with van der Waals surface area (Å²) in [7, 11) is 0. The summed E-state index contributed by atoms with van der Waals surface area (Å²) in [4.78, 5) is 31.2. The van der Waals surface area contributed by atoms with Gasteiger partial charge in [0.1, 0.15) is 0 Å². The number of carbonyl (C=O) groups excluding carboxylic acids is 2. The van der Waals surface area contributed by atoms with Gasteiger partial charge in [-0.3, -0.25) is 19.4 Å². The number of nitrogens with one attached hydrogen (secondary N) is 1. The predicted octanol–water partition coefficient (Wildman–Crippen LogP) is 1.96. The normalized spacial score (nSPS) is 16.8. The van der Waals surface area contributed by atoms with Crippen molar-refractivity contribution in [3.63, 3.8) is 0 Å². The number of hydrogen-bond donors (Lipinski definition) is 1. The Hall–Kier alpha value is -1.92. The average Bonchev–Trinajstić information content (AvgIpc) is 2.68. The molecule has 156 valence electrons. The molecule has 0 aromatic heterocycles. The second-order valence-corrected chi connectivity index (χ2v) is 8.03. The van der Waals surface area contributed by atoms with E-state index in [1.54, 1.807) is 0 Å². The SMILES string of the molecule is CCC(C)NC(=O)CN1CCN(CC(=O)N(Cc2ccccc2)C(C)C)CC1. The molecule has 0 aliphatic carbocycles. The molecule has 1 atom stereocenters. The summed E-state index contributed by atoms with van der Waals surface area (Å²) >= 11 is 0. The number of hydrogen-bond acceptors (Lipinski definition) is 4. The lowest BCUT2D eigenvalue weighted by Gasteiger charge is -2.36. The van der Waals surface area contributed by atoms with Gasteiger partial charge in [-0.05, 0) is 32.8 Å². The largest absolute Gasteiger partial charge is 0.353 e. The van der Waals surface area contributed by atoms with Gasteiger partial charge in [-0.2, -0.15) is 0 Å². The monoisotopic (exact) mass is 388 g/mol. The van der Waals surface area contributed by atoms with Crippen LogP contribution in [-0.4, -0.2) is 77.9 Å². The van der Waals surface area contributed by atoms with Crippen molar-refractivity contribution in [3.8, 4) is 0 Å². The third kappa shape index (κ3) is 7.24. The van der Waals surface area contributed by atoms with E-state index in [9.17, 15) is 9.59 Å². The fourth-order valence-corrected chi connectivity index (χ4v) is 3.35. The van der Waals surface area contributed by atoms with Crippen molar-refractivity contribution in [3.05, 3.63) is 35.9 Å². The van der Waals surface area contributed by atoms with E-state index in [1.807, 2.05) is 30.0 Å². The maximum atomic E-state index is 12.9. The summed E-state index contributed by atoms with van der Waals surface area (Å²) in [6.07, 6.45) is 0.941. The maximum Gasteiger partial charge on any atom is 0.237 e. The first-order valence-corrected chi connectivity index (χ1v) is 10.5. The van der Waals surface area contributed by atoms with Crippen molar-refractivity contribution in [2.75, 3.05) is 39.3 Å². The van der Waals surface area contributed by atoms with Crippen LogP contribution in [0.1, 0.15) is 39.7 Å². The number of carbonyl (C=O) groups is 2. The Morgan fingerprint density at radius 3 is 2.11 bits per heavy atom. The van der Waals surface area contributed by atoms with Gasteiger partial charge >= 0.3 is 0 Å². The minimum atomic E-state index is 0.0905. The fourth-order valence-electron chi connectivity index (χ4n) is 3.35. The Labute approximate surface area is 169 Å². The van der Waals surface area contributed by atoms with Crippen LogP contribution in [0.2, 0.25) is 0 Å². The molecule has 6 nitrogen and oxygen atoms in total. The number of rotatable bonds is 9. The summed E-state index contributed by atoms with van der Waals surface area (Å²) in [5, 5.41) is 3.02. The quantitative estimate of drug-likeness (QED) is 0.703. The van der Waals surface area contributed by atoms with Gasteiger partial charge in [-0.1, -0.05) is 37.3 Å². The molecule has 1 fully saturated rings. The van der Waals surface area contributed by atoms with Gasteiger partial charge in [-0.25, -0.2) is 0 Å². The van der Waals surface area contributed by atoms with Crippen molar-refractivity contribution in [1.82, 2.24) is 20.0 Å². The molecule has 1 aliphatic rings. The third-order valence-electron chi connectivity index (χ3n) is 5.35. The Balaban J connectivity index is 1.79. The Morgan fingerprint density at radius 1 is 1.00 bits per heavy atom. The molecule has 2 amide bonds. The van der Waals surface area contributed by atoms with Crippen molar-refractivity contribution < 1.29 is 9.59 Å². The van der Waals surface area contributed by atoms with Crippen molar-refractivity contribution in [1.29, 1.82) is 0 Å². The summed E-state index contributed by atoms with van der Waals surface area (Å²) < 4.78 is 0. The number of piperazine rings is 1. The Kier molecular flexibility index (Phi) is 8.93. The number of amides is 2. The molecule has 0 bridgehead atoms. The summed E-state index contributed by atoms with van der Waals surface area (Å²) in [6.45, 7) is 13.0. The van der Waals surface area contributed by atoms with E-state index in [4.69, 9.17) is 0 Å². The third-order valence-corrected chi connectivity index (χ3v) is 5.35. The molecule has 1 aliphatic heterocycles. The average molecular weight is 389 g/mol. The van der Waals surface area contributed by atoms with Crippen molar-refractivity contribution in [2.45, 2.75) is 52.7 Å². The van der Waals surface area contributed by atoms with Crippen LogP contribution < -0.4 is 5.32 Å². The highest BCUT2D eigenvalue weighted by molar-refractivity contribution is 5.79. The molecule has 1 saturated heterocycles. The molecular formula is C22H36N4O2. The van der Waals surface area contributed by atoms with Crippen LogP contribution in [0.25, 0.3) is 0 Å². The van der Waals surface area contributed by atoms with Crippen LogP contribution in [0.5, 0.6) is 0 Å². The summed E-state index contributed by atoms with van der Waals surface area (Å²) in [5.41, 5.74) is 1.15. The zero-order valence-corrected chi connectivity index (χ0v) is 17.9. The Morgan fingerprint density at radius 2 is 1.57 bits per heavy atom. The maximum absolute atomic E-state index is 12.9. The van der Waals surface area contributed by atoms with Gasteiger partial charge in [0.2, 0.25) is 11.8 Å². The molecule has 1 heterocycles. The van der Waals surface area contributed by atoms with E-state index in [2.05, 4.69) is 48.0 Å². The molecule has 1 aromatic rings. The first kappa shape index (κ1) is 22.4. The zero-order chi connectivity index (χ0) is 20.5. The van der Waals surface area contributed by atoms with E-state index in [0.29, 0.717) is 19.6 Å². The van der Waals surface area contributed by atoms with Crippen molar-refractivity contribution >= 4 is 11.8 Å². The summed E-state index contributed by atoms with van der Waals surface area (Å²) in [5.74, 6) is 0.259. The summed E-state index contributed by atoms with van der Waals surface area (Å²) in [6, 6.07) is 10.5. The van der Waals surface area contributed by atoms with Gasteiger partial charge in [0.25, 0.3) is 0 Å². The first-order chi connectivity index (χ1) is 13.4. The van der Waals surface area contributed by atoms with Gasteiger partial charge in [0.15, 0.2) is 0 Å². The van der Waals surface area contributed by atoms with E-state index >= 15 is 0 Å². The minimum absolute atomic E-state index is 0.0905. The highest BCUT2D eigenvalue weighted by Gasteiger charge is 2.24. The first-order valence-electron chi connectivity index (χ1n) is 10.5. The predicted molar refractivity (Wildman–Crippen MR) is 113 cm³/mol. The van der Waals surface area contributed by atoms with E-state index in [0.717, 1.165) is 38.2 Å². The van der Waals surface area contributed by atoms with Crippen LogP contribution >= 0.6 is 0 Å². The molecule has 0 saturated carbocycles. The Bertz CT molecular complexity index is 612. The topological polar surface area (TPSA) is 55.9 Å². The molecule has 28 heavy (non-hydrogen) atoms. The fraction of sp³-hybridized carbons (Fsp3) is 0.636. The molecule has 1 N–H and O–H groups in total. The molecule has 0 radical (unpaired) electrons. The molecule has 0 spiro atoms. The second-order valence-electron chi connectivity index (χ2n) is 8.03. The molecular weight excluding hydrogens is 352 g/mol.